The number of likely N-dealkylation sites (N-methyl/N-ethyl adjacent to an activating group) is 1. The van der Waals surface area contributed by atoms with E-state index in [1.54, 1.807) is 68.8 Å². The SMILES string of the molecule is CCN(CCOc1ccc(NC(=O)c2cccc3c(=O)c4ccccc4oc23)cc1)CCc1ccc(OC)c(OC)c1. The largest absolute Gasteiger partial charge is 0.493 e. The predicted molar refractivity (Wildman–Crippen MR) is 165 cm³/mol. The molecule has 0 saturated heterocycles. The van der Waals surface area contributed by atoms with E-state index in [1.807, 2.05) is 24.3 Å². The minimum absolute atomic E-state index is 0.161. The molecule has 0 spiro atoms. The number of nitrogens with one attached hydrogen (secondary N) is 1. The van der Waals surface area contributed by atoms with E-state index in [-0.39, 0.29) is 16.9 Å². The third-order valence-electron chi connectivity index (χ3n) is 7.25. The molecule has 4 aromatic carbocycles. The minimum atomic E-state index is -0.360. The third kappa shape index (κ3) is 6.39. The van der Waals surface area contributed by atoms with E-state index in [0.29, 0.717) is 40.0 Å². The van der Waals surface area contributed by atoms with Crippen molar-refractivity contribution in [1.82, 2.24) is 4.90 Å². The Morgan fingerprint density at radius 3 is 2.38 bits per heavy atom. The van der Waals surface area contributed by atoms with Crippen LogP contribution in [0, 0.1) is 0 Å². The van der Waals surface area contributed by atoms with Crippen LogP contribution in [0.5, 0.6) is 17.2 Å². The lowest BCUT2D eigenvalue weighted by Gasteiger charge is -2.21. The Balaban J connectivity index is 1.16. The normalized spacial score (nSPS) is 11.1. The molecule has 1 aromatic heterocycles. The van der Waals surface area contributed by atoms with Gasteiger partial charge in [-0.2, -0.15) is 0 Å². The van der Waals surface area contributed by atoms with Gasteiger partial charge in [-0.25, -0.2) is 0 Å². The fraction of sp³-hybridized carbons (Fsp3) is 0.235. The molecule has 42 heavy (non-hydrogen) atoms. The molecule has 0 aliphatic rings. The molecule has 0 saturated carbocycles. The van der Waals surface area contributed by atoms with Crippen molar-refractivity contribution in [1.29, 1.82) is 0 Å². The maximum Gasteiger partial charge on any atom is 0.259 e. The molecule has 8 nitrogen and oxygen atoms in total. The number of benzene rings is 4. The number of hydrogen-bond acceptors (Lipinski definition) is 7. The van der Waals surface area contributed by atoms with Gasteiger partial charge in [-0.15, -0.1) is 0 Å². The molecule has 5 aromatic rings. The fourth-order valence-electron chi connectivity index (χ4n) is 4.88. The Kier molecular flexibility index (Phi) is 9.04. The number of nitrogens with zero attached hydrogens (tertiary/aromatic N) is 1. The summed E-state index contributed by atoms with van der Waals surface area (Å²) in [7, 11) is 3.28. The molecule has 0 aliphatic carbocycles. The van der Waals surface area contributed by atoms with Crippen molar-refractivity contribution in [3.05, 3.63) is 106 Å². The number of hydrogen-bond donors (Lipinski definition) is 1. The van der Waals surface area contributed by atoms with E-state index in [2.05, 4.69) is 23.2 Å². The Morgan fingerprint density at radius 2 is 1.62 bits per heavy atom. The molecule has 1 N–H and O–H groups in total. The van der Waals surface area contributed by atoms with Crippen LogP contribution in [0.4, 0.5) is 5.69 Å². The van der Waals surface area contributed by atoms with Crippen molar-refractivity contribution in [2.75, 3.05) is 45.8 Å². The second kappa shape index (κ2) is 13.2. The van der Waals surface area contributed by atoms with Gasteiger partial charge in [0, 0.05) is 18.8 Å². The molecular formula is C34H34N2O6. The number of carbonyl (C=O) groups is 1. The number of anilines is 1. The third-order valence-corrected chi connectivity index (χ3v) is 7.25. The van der Waals surface area contributed by atoms with Crippen molar-refractivity contribution < 1.29 is 23.4 Å². The molecule has 0 unspecified atom stereocenters. The van der Waals surface area contributed by atoms with Gasteiger partial charge in [-0.05, 0) is 79.2 Å². The van der Waals surface area contributed by atoms with Crippen LogP contribution < -0.4 is 25.0 Å². The quantitative estimate of drug-likeness (QED) is 0.181. The summed E-state index contributed by atoms with van der Waals surface area (Å²) in [6, 6.07) is 25.3. The Hall–Kier alpha value is -4.82. The van der Waals surface area contributed by atoms with Gasteiger partial charge in [-0.1, -0.05) is 31.2 Å². The van der Waals surface area contributed by atoms with E-state index >= 15 is 0 Å². The lowest BCUT2D eigenvalue weighted by atomic mass is 10.1. The number of fused-ring (bicyclic) bond motifs is 2. The zero-order chi connectivity index (χ0) is 29.5. The second-order valence-corrected chi connectivity index (χ2v) is 9.81. The second-order valence-electron chi connectivity index (χ2n) is 9.81. The number of amides is 1. The fourth-order valence-corrected chi connectivity index (χ4v) is 4.88. The lowest BCUT2D eigenvalue weighted by Crippen LogP contribution is -2.30. The smallest absolute Gasteiger partial charge is 0.259 e. The Labute approximate surface area is 244 Å². The highest BCUT2D eigenvalue weighted by atomic mass is 16.5. The highest BCUT2D eigenvalue weighted by molar-refractivity contribution is 6.12. The Bertz CT molecular complexity index is 1750. The summed E-state index contributed by atoms with van der Waals surface area (Å²) in [5.74, 6) is 1.81. The van der Waals surface area contributed by atoms with Gasteiger partial charge in [-0.3, -0.25) is 14.5 Å². The van der Waals surface area contributed by atoms with Crippen LogP contribution in [0.15, 0.2) is 94.1 Å². The van der Waals surface area contributed by atoms with E-state index in [0.717, 1.165) is 37.6 Å². The molecule has 216 valence electrons. The van der Waals surface area contributed by atoms with Crippen LogP contribution in [0.3, 0.4) is 0 Å². The number of para-hydroxylation sites is 2. The van der Waals surface area contributed by atoms with Crippen molar-refractivity contribution in [2.24, 2.45) is 0 Å². The predicted octanol–water partition coefficient (Wildman–Crippen LogP) is 6.16. The maximum absolute atomic E-state index is 13.1. The minimum Gasteiger partial charge on any atom is -0.493 e. The summed E-state index contributed by atoms with van der Waals surface area (Å²) < 4.78 is 22.7. The average Bonchev–Trinajstić information content (AvgIpc) is 3.03. The zero-order valence-corrected chi connectivity index (χ0v) is 24.0. The summed E-state index contributed by atoms with van der Waals surface area (Å²) in [6.07, 6.45) is 0.888. The van der Waals surface area contributed by atoms with Crippen LogP contribution in [-0.4, -0.2) is 51.3 Å². The number of ether oxygens (including phenoxy) is 3. The molecule has 0 atom stereocenters. The van der Waals surface area contributed by atoms with Crippen molar-refractivity contribution >= 4 is 33.5 Å². The Morgan fingerprint density at radius 1 is 0.857 bits per heavy atom. The number of methoxy groups -OCH3 is 2. The van der Waals surface area contributed by atoms with E-state index in [4.69, 9.17) is 18.6 Å². The van der Waals surface area contributed by atoms with Gasteiger partial charge in [0.05, 0.1) is 30.6 Å². The highest BCUT2D eigenvalue weighted by Crippen LogP contribution is 2.28. The summed E-state index contributed by atoms with van der Waals surface area (Å²) >= 11 is 0. The maximum atomic E-state index is 13.1. The van der Waals surface area contributed by atoms with Crippen molar-refractivity contribution in [2.45, 2.75) is 13.3 Å². The monoisotopic (exact) mass is 566 g/mol. The molecule has 0 radical (unpaired) electrons. The van der Waals surface area contributed by atoms with Crippen LogP contribution in [0.25, 0.3) is 21.9 Å². The van der Waals surface area contributed by atoms with Gasteiger partial charge in [0.25, 0.3) is 5.91 Å². The first-order chi connectivity index (χ1) is 20.5. The molecule has 1 amide bonds. The first-order valence-electron chi connectivity index (χ1n) is 13.9. The highest BCUT2D eigenvalue weighted by Gasteiger charge is 2.16. The summed E-state index contributed by atoms with van der Waals surface area (Å²) in [6.45, 7) is 5.25. The molecule has 8 heteroatoms. The first kappa shape index (κ1) is 28.7. The van der Waals surface area contributed by atoms with Crippen molar-refractivity contribution in [3.63, 3.8) is 0 Å². The van der Waals surface area contributed by atoms with Crippen LogP contribution >= 0.6 is 0 Å². The molecule has 0 aliphatic heterocycles. The molecule has 5 rings (SSSR count). The summed E-state index contributed by atoms with van der Waals surface area (Å²) in [5, 5.41) is 3.75. The van der Waals surface area contributed by atoms with E-state index < -0.39 is 0 Å². The van der Waals surface area contributed by atoms with Gasteiger partial charge in [0.2, 0.25) is 5.43 Å². The molecule has 1 heterocycles. The van der Waals surface area contributed by atoms with E-state index in [1.165, 1.54) is 5.56 Å². The average molecular weight is 567 g/mol. The molecular weight excluding hydrogens is 532 g/mol. The lowest BCUT2D eigenvalue weighted by molar-refractivity contribution is 0.102. The summed E-state index contributed by atoms with van der Waals surface area (Å²) in [5.41, 5.74) is 2.64. The summed E-state index contributed by atoms with van der Waals surface area (Å²) in [4.78, 5) is 28.4. The van der Waals surface area contributed by atoms with Gasteiger partial charge in [0.1, 0.15) is 17.9 Å². The topological polar surface area (TPSA) is 90.2 Å². The number of rotatable bonds is 12. The van der Waals surface area contributed by atoms with Gasteiger partial charge in [0.15, 0.2) is 17.1 Å². The van der Waals surface area contributed by atoms with Crippen LogP contribution in [-0.2, 0) is 6.42 Å². The van der Waals surface area contributed by atoms with Gasteiger partial charge < -0.3 is 23.9 Å². The van der Waals surface area contributed by atoms with Crippen LogP contribution in [0.2, 0.25) is 0 Å². The standard InChI is InChI=1S/C34H34N2O6/c1-4-36(19-18-23-12-17-30(39-2)31(22-23)40-3)20-21-41-25-15-13-24(14-16-25)35-34(38)28-10-7-9-27-32(37)26-8-5-6-11-29(26)42-33(27)28/h5-17,22H,4,18-21H2,1-3H3,(H,35,38). The molecule has 0 bridgehead atoms. The van der Waals surface area contributed by atoms with Crippen molar-refractivity contribution in [3.8, 4) is 17.2 Å². The van der Waals surface area contributed by atoms with Crippen LogP contribution in [0.1, 0.15) is 22.8 Å². The van der Waals surface area contributed by atoms with Gasteiger partial charge >= 0.3 is 0 Å². The molecule has 0 fully saturated rings. The van der Waals surface area contributed by atoms with E-state index in [9.17, 15) is 9.59 Å². The first-order valence-corrected chi connectivity index (χ1v) is 13.9. The zero-order valence-electron chi connectivity index (χ0n) is 24.0. The number of carbonyl (C=O) groups excluding carboxylic acids is 1.